The van der Waals surface area contributed by atoms with Crippen molar-refractivity contribution in [1.29, 1.82) is 5.26 Å². The van der Waals surface area contributed by atoms with Gasteiger partial charge in [-0.25, -0.2) is 4.79 Å². The Morgan fingerprint density at radius 2 is 2.10 bits per heavy atom. The molecule has 0 heterocycles. The van der Waals surface area contributed by atoms with Crippen LogP contribution < -0.4 is 0 Å². The Balaban J connectivity index is 2.07. The zero-order valence-corrected chi connectivity index (χ0v) is 11.1. The summed E-state index contributed by atoms with van der Waals surface area (Å²) in [5.41, 5.74) is 1.24. The van der Waals surface area contributed by atoms with Gasteiger partial charge in [0.1, 0.15) is 17.9 Å². The van der Waals surface area contributed by atoms with E-state index in [1.807, 2.05) is 6.07 Å². The molecule has 0 spiro atoms. The fraction of sp³-hybridized carbons (Fsp3) is 0.0667. The first-order chi connectivity index (χ1) is 9.60. The Hall–Kier alpha value is -2.51. The van der Waals surface area contributed by atoms with Crippen molar-refractivity contribution in [3.8, 4) is 11.8 Å². The van der Waals surface area contributed by atoms with Crippen LogP contribution in [0.25, 0.3) is 0 Å². The van der Waals surface area contributed by atoms with Gasteiger partial charge in [0.15, 0.2) is 0 Å². The minimum absolute atomic E-state index is 0.0242. The maximum Gasteiger partial charge on any atom is 0.342 e. The summed E-state index contributed by atoms with van der Waals surface area (Å²) in [6.45, 7) is 0.0242. The summed E-state index contributed by atoms with van der Waals surface area (Å²) in [5, 5.41) is 18.7. The fourth-order valence-electron chi connectivity index (χ4n) is 1.63. The number of aromatic hydroxyl groups is 1. The summed E-state index contributed by atoms with van der Waals surface area (Å²) in [5.74, 6) is -0.880. The van der Waals surface area contributed by atoms with Crippen LogP contribution in [-0.2, 0) is 11.3 Å². The van der Waals surface area contributed by atoms with E-state index in [9.17, 15) is 9.90 Å². The van der Waals surface area contributed by atoms with Crippen molar-refractivity contribution in [3.63, 3.8) is 0 Å². The molecule has 0 radical (unpaired) electrons. The number of esters is 1. The molecule has 0 saturated carbocycles. The summed E-state index contributed by atoms with van der Waals surface area (Å²) in [4.78, 5) is 11.8. The van der Waals surface area contributed by atoms with Crippen LogP contribution in [-0.4, -0.2) is 11.1 Å². The average molecular weight is 288 g/mol. The predicted molar refractivity (Wildman–Crippen MR) is 73.4 cm³/mol. The zero-order chi connectivity index (χ0) is 14.5. The van der Waals surface area contributed by atoms with Gasteiger partial charge in [-0.05, 0) is 35.9 Å². The van der Waals surface area contributed by atoms with Gasteiger partial charge in [0.2, 0.25) is 0 Å². The lowest BCUT2D eigenvalue weighted by molar-refractivity contribution is 0.0469. The first-order valence-electron chi connectivity index (χ1n) is 5.75. The SMILES string of the molecule is N#Cc1cccc(COC(=O)c2ccc(Cl)cc2O)c1. The molecule has 2 aromatic rings. The summed E-state index contributed by atoms with van der Waals surface area (Å²) in [6, 6.07) is 12.9. The molecule has 0 fully saturated rings. The topological polar surface area (TPSA) is 70.3 Å². The number of hydrogen-bond donors (Lipinski definition) is 1. The summed E-state index contributed by atoms with van der Waals surface area (Å²) in [7, 11) is 0. The van der Waals surface area contributed by atoms with E-state index in [4.69, 9.17) is 21.6 Å². The zero-order valence-electron chi connectivity index (χ0n) is 10.3. The number of phenols is 1. The minimum Gasteiger partial charge on any atom is -0.507 e. The summed E-state index contributed by atoms with van der Waals surface area (Å²) < 4.78 is 5.08. The monoisotopic (exact) mass is 287 g/mol. The average Bonchev–Trinajstić information content (AvgIpc) is 2.45. The smallest absolute Gasteiger partial charge is 0.342 e. The molecule has 0 aromatic heterocycles. The summed E-state index contributed by atoms with van der Waals surface area (Å²) in [6.07, 6.45) is 0. The van der Waals surface area contributed by atoms with Gasteiger partial charge in [0.05, 0.1) is 11.6 Å². The number of hydrogen-bond acceptors (Lipinski definition) is 4. The largest absolute Gasteiger partial charge is 0.507 e. The van der Waals surface area contributed by atoms with Crippen LogP contribution in [0.1, 0.15) is 21.5 Å². The molecule has 0 amide bonds. The van der Waals surface area contributed by atoms with Crippen LogP contribution in [0, 0.1) is 11.3 Å². The van der Waals surface area contributed by atoms with Gasteiger partial charge in [0.25, 0.3) is 0 Å². The second-order valence-corrected chi connectivity index (χ2v) is 4.49. The molecule has 0 aliphatic heterocycles. The normalized spacial score (nSPS) is 9.80. The van der Waals surface area contributed by atoms with Crippen molar-refractivity contribution in [2.24, 2.45) is 0 Å². The lowest BCUT2D eigenvalue weighted by atomic mass is 10.1. The Bertz CT molecular complexity index is 692. The standard InChI is InChI=1S/C15H10ClNO3/c16-12-4-5-13(14(18)7-12)15(19)20-9-11-3-1-2-10(6-11)8-17/h1-7,18H,9H2. The third-order valence-electron chi connectivity index (χ3n) is 2.61. The number of benzene rings is 2. The quantitative estimate of drug-likeness (QED) is 0.880. The summed E-state index contributed by atoms with van der Waals surface area (Å²) >= 11 is 5.69. The number of carbonyl (C=O) groups is 1. The molecule has 0 bridgehead atoms. The maximum atomic E-state index is 11.8. The van der Waals surface area contributed by atoms with E-state index in [0.29, 0.717) is 16.1 Å². The molecule has 20 heavy (non-hydrogen) atoms. The highest BCUT2D eigenvalue weighted by molar-refractivity contribution is 6.30. The van der Waals surface area contributed by atoms with Gasteiger partial charge in [-0.2, -0.15) is 5.26 Å². The first kappa shape index (κ1) is 13.9. The Labute approximate surface area is 120 Å². The van der Waals surface area contributed by atoms with Crippen LogP contribution >= 0.6 is 11.6 Å². The first-order valence-corrected chi connectivity index (χ1v) is 6.12. The van der Waals surface area contributed by atoms with Gasteiger partial charge in [-0.15, -0.1) is 0 Å². The van der Waals surface area contributed by atoms with E-state index < -0.39 is 5.97 Å². The van der Waals surface area contributed by atoms with E-state index in [0.717, 1.165) is 0 Å². The van der Waals surface area contributed by atoms with E-state index >= 15 is 0 Å². The molecule has 0 saturated heterocycles. The van der Waals surface area contributed by atoms with E-state index in [-0.39, 0.29) is 17.9 Å². The Kier molecular flexibility index (Phi) is 4.24. The molecular formula is C15H10ClNO3. The third kappa shape index (κ3) is 3.28. The highest BCUT2D eigenvalue weighted by Gasteiger charge is 2.13. The van der Waals surface area contributed by atoms with Crippen LogP contribution in [0.3, 0.4) is 0 Å². The molecule has 5 heteroatoms. The number of phenolic OH excluding ortho intramolecular Hbond substituents is 1. The van der Waals surface area contributed by atoms with Gasteiger partial charge in [-0.1, -0.05) is 23.7 Å². The molecular weight excluding hydrogens is 278 g/mol. The molecule has 2 rings (SSSR count). The highest BCUT2D eigenvalue weighted by atomic mass is 35.5. The van der Waals surface area contributed by atoms with Gasteiger partial charge in [0, 0.05) is 5.02 Å². The second kappa shape index (κ2) is 6.09. The van der Waals surface area contributed by atoms with Crippen LogP contribution in [0.5, 0.6) is 5.75 Å². The van der Waals surface area contributed by atoms with Crippen molar-refractivity contribution < 1.29 is 14.6 Å². The molecule has 4 nitrogen and oxygen atoms in total. The van der Waals surface area contributed by atoms with Crippen LogP contribution in [0.15, 0.2) is 42.5 Å². The van der Waals surface area contributed by atoms with Crippen molar-refractivity contribution in [2.45, 2.75) is 6.61 Å². The minimum atomic E-state index is -0.651. The number of carbonyl (C=O) groups excluding carboxylic acids is 1. The van der Waals surface area contributed by atoms with E-state index in [1.54, 1.807) is 24.3 Å². The van der Waals surface area contributed by atoms with Crippen molar-refractivity contribution in [1.82, 2.24) is 0 Å². The lowest BCUT2D eigenvalue weighted by Crippen LogP contribution is -2.05. The Morgan fingerprint density at radius 3 is 2.80 bits per heavy atom. The predicted octanol–water partition coefficient (Wildman–Crippen LogP) is 3.27. The van der Waals surface area contributed by atoms with E-state index in [2.05, 4.69) is 0 Å². The second-order valence-electron chi connectivity index (χ2n) is 4.05. The van der Waals surface area contributed by atoms with Gasteiger partial charge < -0.3 is 9.84 Å². The van der Waals surface area contributed by atoms with E-state index in [1.165, 1.54) is 18.2 Å². The number of ether oxygens (including phenoxy) is 1. The van der Waals surface area contributed by atoms with Crippen molar-refractivity contribution in [2.75, 3.05) is 0 Å². The lowest BCUT2D eigenvalue weighted by Gasteiger charge is -2.07. The molecule has 100 valence electrons. The van der Waals surface area contributed by atoms with Gasteiger partial charge in [-0.3, -0.25) is 0 Å². The number of rotatable bonds is 3. The van der Waals surface area contributed by atoms with Crippen LogP contribution in [0.2, 0.25) is 5.02 Å². The number of nitrogens with zero attached hydrogens (tertiary/aromatic N) is 1. The molecule has 0 atom stereocenters. The third-order valence-corrected chi connectivity index (χ3v) is 2.84. The van der Waals surface area contributed by atoms with Crippen molar-refractivity contribution >= 4 is 17.6 Å². The highest BCUT2D eigenvalue weighted by Crippen LogP contribution is 2.22. The molecule has 2 aromatic carbocycles. The van der Waals surface area contributed by atoms with Crippen molar-refractivity contribution in [3.05, 3.63) is 64.2 Å². The maximum absolute atomic E-state index is 11.8. The number of halogens is 1. The molecule has 0 aliphatic carbocycles. The number of nitriles is 1. The molecule has 0 aliphatic rings. The Morgan fingerprint density at radius 1 is 1.30 bits per heavy atom. The fourth-order valence-corrected chi connectivity index (χ4v) is 1.80. The molecule has 0 unspecified atom stereocenters. The molecule has 1 N–H and O–H groups in total. The van der Waals surface area contributed by atoms with Gasteiger partial charge >= 0.3 is 5.97 Å². The van der Waals surface area contributed by atoms with Crippen LogP contribution in [0.4, 0.5) is 0 Å².